The van der Waals surface area contributed by atoms with Crippen LogP contribution in [-0.2, 0) is 4.79 Å². The Labute approximate surface area is 80.1 Å². The van der Waals surface area contributed by atoms with Crippen molar-refractivity contribution in [3.63, 3.8) is 0 Å². The van der Waals surface area contributed by atoms with Crippen molar-refractivity contribution >= 4 is 22.3 Å². The Morgan fingerprint density at radius 1 is 1.50 bits per heavy atom. The van der Waals surface area contributed by atoms with Crippen LogP contribution < -0.4 is 5.32 Å². The van der Waals surface area contributed by atoms with Crippen LogP contribution in [0.15, 0.2) is 28.7 Å². The fourth-order valence-electron chi connectivity index (χ4n) is 1.02. The van der Waals surface area contributed by atoms with Gasteiger partial charge in [0.15, 0.2) is 0 Å². The molecule has 0 radical (unpaired) electrons. The van der Waals surface area contributed by atoms with Crippen molar-refractivity contribution in [2.45, 2.75) is 13.0 Å². The van der Waals surface area contributed by atoms with Crippen molar-refractivity contribution in [2.24, 2.45) is 0 Å². The van der Waals surface area contributed by atoms with Gasteiger partial charge >= 0.3 is 0 Å². The first-order valence-corrected chi connectivity index (χ1v) is 4.49. The minimum atomic E-state index is 0.0538. The summed E-state index contributed by atoms with van der Waals surface area (Å²) in [7, 11) is 0. The molecule has 0 heterocycles. The molecule has 0 fully saturated rings. The van der Waals surface area contributed by atoms with Crippen molar-refractivity contribution in [1.82, 2.24) is 5.32 Å². The van der Waals surface area contributed by atoms with Crippen LogP contribution in [-0.4, -0.2) is 6.41 Å². The van der Waals surface area contributed by atoms with E-state index in [1.54, 1.807) is 0 Å². The van der Waals surface area contributed by atoms with E-state index in [1.165, 1.54) is 0 Å². The van der Waals surface area contributed by atoms with Gasteiger partial charge in [-0.2, -0.15) is 0 Å². The van der Waals surface area contributed by atoms with Crippen LogP contribution in [0.25, 0.3) is 0 Å². The highest BCUT2D eigenvalue weighted by Crippen LogP contribution is 2.21. The SMILES string of the molecule is CC(NC=O)c1ccccc1Br. The van der Waals surface area contributed by atoms with Gasteiger partial charge in [0.25, 0.3) is 0 Å². The van der Waals surface area contributed by atoms with Gasteiger partial charge < -0.3 is 5.32 Å². The minimum Gasteiger partial charge on any atom is -0.352 e. The Balaban J connectivity index is 2.86. The maximum atomic E-state index is 10.2. The van der Waals surface area contributed by atoms with Gasteiger partial charge in [0.2, 0.25) is 6.41 Å². The molecule has 1 aromatic rings. The standard InChI is InChI=1S/C9H10BrNO/c1-7(11-6-12)8-4-2-3-5-9(8)10/h2-7H,1H3,(H,11,12). The molecule has 1 aromatic carbocycles. The summed E-state index contributed by atoms with van der Waals surface area (Å²) in [6.07, 6.45) is 0.712. The molecule has 1 unspecified atom stereocenters. The number of benzene rings is 1. The highest BCUT2D eigenvalue weighted by Gasteiger charge is 2.05. The molecule has 0 saturated heterocycles. The summed E-state index contributed by atoms with van der Waals surface area (Å²) in [5, 5.41) is 2.69. The van der Waals surface area contributed by atoms with Gasteiger partial charge in [0, 0.05) is 4.47 Å². The Bertz CT molecular complexity index is 275. The molecule has 0 bridgehead atoms. The summed E-state index contributed by atoms with van der Waals surface area (Å²) in [6.45, 7) is 1.94. The second kappa shape index (κ2) is 4.26. The lowest BCUT2D eigenvalue weighted by Crippen LogP contribution is -2.16. The smallest absolute Gasteiger partial charge is 0.207 e. The van der Waals surface area contributed by atoms with Crippen molar-refractivity contribution < 1.29 is 4.79 Å². The van der Waals surface area contributed by atoms with E-state index in [0.717, 1.165) is 10.0 Å². The fraction of sp³-hybridized carbons (Fsp3) is 0.222. The molecule has 0 saturated carbocycles. The van der Waals surface area contributed by atoms with E-state index in [1.807, 2.05) is 31.2 Å². The van der Waals surface area contributed by atoms with E-state index >= 15 is 0 Å². The van der Waals surface area contributed by atoms with Crippen LogP contribution in [0.3, 0.4) is 0 Å². The minimum absolute atomic E-state index is 0.0538. The highest BCUT2D eigenvalue weighted by molar-refractivity contribution is 9.10. The molecule has 0 aliphatic heterocycles. The lowest BCUT2D eigenvalue weighted by molar-refractivity contribution is -0.110. The topological polar surface area (TPSA) is 29.1 Å². The van der Waals surface area contributed by atoms with Crippen LogP contribution in [0, 0.1) is 0 Å². The molecule has 1 atom stereocenters. The predicted octanol–water partition coefficient (Wildman–Crippen LogP) is 2.26. The van der Waals surface area contributed by atoms with Gasteiger partial charge in [-0.05, 0) is 18.6 Å². The van der Waals surface area contributed by atoms with Crippen molar-refractivity contribution in [3.8, 4) is 0 Å². The van der Waals surface area contributed by atoms with Gasteiger partial charge in [-0.1, -0.05) is 34.1 Å². The third-order valence-electron chi connectivity index (χ3n) is 1.69. The lowest BCUT2D eigenvalue weighted by atomic mass is 10.1. The maximum Gasteiger partial charge on any atom is 0.207 e. The quantitative estimate of drug-likeness (QED) is 0.790. The largest absolute Gasteiger partial charge is 0.352 e. The molecule has 0 aliphatic rings. The molecular weight excluding hydrogens is 218 g/mol. The third-order valence-corrected chi connectivity index (χ3v) is 2.41. The van der Waals surface area contributed by atoms with Crippen LogP contribution in [0.4, 0.5) is 0 Å². The van der Waals surface area contributed by atoms with Crippen LogP contribution in [0.5, 0.6) is 0 Å². The Morgan fingerprint density at radius 2 is 2.17 bits per heavy atom. The summed E-state index contributed by atoms with van der Waals surface area (Å²) in [4.78, 5) is 10.2. The van der Waals surface area contributed by atoms with Crippen molar-refractivity contribution in [1.29, 1.82) is 0 Å². The number of carbonyl (C=O) groups is 1. The van der Waals surface area contributed by atoms with E-state index in [-0.39, 0.29) is 6.04 Å². The van der Waals surface area contributed by atoms with Crippen LogP contribution in [0.1, 0.15) is 18.5 Å². The number of hydrogen-bond acceptors (Lipinski definition) is 1. The Hall–Kier alpha value is -0.830. The first-order valence-electron chi connectivity index (χ1n) is 3.70. The molecule has 64 valence electrons. The van der Waals surface area contributed by atoms with Gasteiger partial charge in [-0.25, -0.2) is 0 Å². The van der Waals surface area contributed by atoms with Crippen molar-refractivity contribution in [3.05, 3.63) is 34.3 Å². The first-order chi connectivity index (χ1) is 5.75. The predicted molar refractivity (Wildman–Crippen MR) is 51.8 cm³/mol. The maximum absolute atomic E-state index is 10.2. The molecule has 12 heavy (non-hydrogen) atoms. The van der Waals surface area contributed by atoms with Crippen LogP contribution >= 0.6 is 15.9 Å². The molecule has 0 aromatic heterocycles. The van der Waals surface area contributed by atoms with E-state index in [4.69, 9.17) is 0 Å². The number of amides is 1. The summed E-state index contributed by atoms with van der Waals surface area (Å²) >= 11 is 3.41. The van der Waals surface area contributed by atoms with E-state index in [9.17, 15) is 4.79 Å². The normalized spacial score (nSPS) is 12.2. The highest BCUT2D eigenvalue weighted by atomic mass is 79.9. The lowest BCUT2D eigenvalue weighted by Gasteiger charge is -2.11. The summed E-state index contributed by atoms with van der Waals surface area (Å²) in [6, 6.07) is 7.88. The second-order valence-corrected chi connectivity index (χ2v) is 3.38. The molecule has 0 spiro atoms. The second-order valence-electron chi connectivity index (χ2n) is 2.53. The number of halogens is 1. The monoisotopic (exact) mass is 227 g/mol. The van der Waals surface area contributed by atoms with Gasteiger partial charge in [0.1, 0.15) is 0 Å². The number of nitrogens with one attached hydrogen (secondary N) is 1. The number of rotatable bonds is 3. The Kier molecular flexibility index (Phi) is 3.29. The average molecular weight is 228 g/mol. The zero-order valence-corrected chi connectivity index (χ0v) is 8.34. The van der Waals surface area contributed by atoms with Gasteiger partial charge in [0.05, 0.1) is 6.04 Å². The third kappa shape index (κ3) is 2.08. The molecule has 2 nitrogen and oxygen atoms in total. The molecule has 1 amide bonds. The van der Waals surface area contributed by atoms with E-state index < -0.39 is 0 Å². The summed E-state index contributed by atoms with van der Waals surface area (Å²) in [5.41, 5.74) is 1.09. The fourth-order valence-corrected chi connectivity index (χ4v) is 1.65. The number of hydrogen-bond donors (Lipinski definition) is 1. The van der Waals surface area contributed by atoms with Gasteiger partial charge in [-0.15, -0.1) is 0 Å². The molecular formula is C9H10BrNO. The summed E-state index contributed by atoms with van der Waals surface area (Å²) < 4.78 is 1.02. The zero-order valence-electron chi connectivity index (χ0n) is 6.75. The average Bonchev–Trinajstić information content (AvgIpc) is 2.05. The van der Waals surface area contributed by atoms with Crippen molar-refractivity contribution in [2.75, 3.05) is 0 Å². The van der Waals surface area contributed by atoms with Gasteiger partial charge in [-0.3, -0.25) is 4.79 Å². The zero-order chi connectivity index (χ0) is 8.97. The molecule has 1 N–H and O–H groups in total. The summed E-state index contributed by atoms with van der Waals surface area (Å²) in [5.74, 6) is 0. The Morgan fingerprint density at radius 3 is 2.75 bits per heavy atom. The van der Waals surface area contributed by atoms with E-state index in [0.29, 0.717) is 6.41 Å². The van der Waals surface area contributed by atoms with Crippen LogP contribution in [0.2, 0.25) is 0 Å². The molecule has 0 aliphatic carbocycles. The number of carbonyl (C=O) groups excluding carboxylic acids is 1. The molecule has 1 rings (SSSR count). The first kappa shape index (κ1) is 9.26. The molecule has 3 heteroatoms. The van der Waals surface area contributed by atoms with E-state index in [2.05, 4.69) is 21.2 Å².